The number of rotatable bonds is 3. The minimum absolute atomic E-state index is 0.00781. The summed E-state index contributed by atoms with van der Waals surface area (Å²) in [6.07, 6.45) is 0. The van der Waals surface area contributed by atoms with Gasteiger partial charge in [0.2, 0.25) is 0 Å². The molecule has 0 heterocycles. The second kappa shape index (κ2) is 4.59. The molecule has 4 heteroatoms. The van der Waals surface area contributed by atoms with Crippen molar-refractivity contribution in [2.75, 3.05) is 6.54 Å². The molecular formula is C9H12N2O2. The third-order valence-electron chi connectivity index (χ3n) is 1.50. The van der Waals surface area contributed by atoms with Gasteiger partial charge in [-0.25, -0.2) is 5.43 Å². The highest BCUT2D eigenvalue weighted by Crippen LogP contribution is 2.10. The molecule has 70 valence electrons. The van der Waals surface area contributed by atoms with Crippen LogP contribution < -0.4 is 16.0 Å². The van der Waals surface area contributed by atoms with Crippen molar-refractivity contribution >= 4 is 5.97 Å². The molecule has 0 spiro atoms. The van der Waals surface area contributed by atoms with Crippen LogP contribution in [-0.4, -0.2) is 12.5 Å². The second-order valence-corrected chi connectivity index (χ2v) is 2.67. The number of hydrogen-bond donors (Lipinski definition) is 2. The topological polar surface area (TPSA) is 64.3 Å². The van der Waals surface area contributed by atoms with E-state index in [-0.39, 0.29) is 6.54 Å². The molecular weight excluding hydrogens is 168 g/mol. The molecule has 0 aromatic heterocycles. The molecule has 0 aliphatic carbocycles. The lowest BCUT2D eigenvalue weighted by atomic mass is 10.2. The first-order chi connectivity index (χ1) is 6.22. The van der Waals surface area contributed by atoms with Crippen LogP contribution >= 0.6 is 0 Å². The van der Waals surface area contributed by atoms with Crippen molar-refractivity contribution in [1.82, 2.24) is 5.43 Å². The van der Waals surface area contributed by atoms with Gasteiger partial charge in [-0.2, -0.15) is 0 Å². The van der Waals surface area contributed by atoms with Gasteiger partial charge in [-0.1, -0.05) is 17.7 Å². The van der Waals surface area contributed by atoms with Crippen LogP contribution in [-0.2, 0) is 4.79 Å². The first kappa shape index (κ1) is 9.70. The van der Waals surface area contributed by atoms with Gasteiger partial charge >= 0.3 is 5.97 Å². The van der Waals surface area contributed by atoms with E-state index in [1.54, 1.807) is 12.1 Å². The molecule has 0 aliphatic heterocycles. The third kappa shape index (κ3) is 3.23. The van der Waals surface area contributed by atoms with E-state index in [4.69, 9.17) is 10.6 Å². The van der Waals surface area contributed by atoms with Crippen molar-refractivity contribution in [2.24, 2.45) is 5.84 Å². The highest BCUT2D eigenvalue weighted by atomic mass is 16.5. The quantitative estimate of drug-likeness (QED) is 0.305. The predicted octanol–water partition coefficient (Wildman–Crippen LogP) is 0.364. The van der Waals surface area contributed by atoms with Gasteiger partial charge in [0.1, 0.15) is 12.3 Å². The number of carbonyl (C=O) groups is 1. The van der Waals surface area contributed by atoms with Gasteiger partial charge in [-0.3, -0.25) is 10.6 Å². The number of aryl methyl sites for hydroxylation is 1. The average Bonchev–Trinajstić information content (AvgIpc) is 2.09. The van der Waals surface area contributed by atoms with Crippen LogP contribution in [0.25, 0.3) is 0 Å². The van der Waals surface area contributed by atoms with Gasteiger partial charge in [0, 0.05) is 0 Å². The van der Waals surface area contributed by atoms with Crippen molar-refractivity contribution in [3.05, 3.63) is 29.8 Å². The van der Waals surface area contributed by atoms with E-state index in [1.807, 2.05) is 19.1 Å². The maximum absolute atomic E-state index is 10.9. The van der Waals surface area contributed by atoms with E-state index in [0.717, 1.165) is 5.56 Å². The molecule has 0 fully saturated rings. The number of ether oxygens (including phenoxy) is 1. The first-order valence-corrected chi connectivity index (χ1v) is 3.93. The molecule has 0 bridgehead atoms. The van der Waals surface area contributed by atoms with Crippen LogP contribution in [0.3, 0.4) is 0 Å². The molecule has 0 amide bonds. The van der Waals surface area contributed by atoms with Crippen molar-refractivity contribution in [3.63, 3.8) is 0 Å². The molecule has 4 nitrogen and oxygen atoms in total. The lowest BCUT2D eigenvalue weighted by Crippen LogP contribution is -2.31. The molecule has 0 saturated carbocycles. The standard InChI is InChI=1S/C9H12N2O2/c1-7-2-4-8(5-3-7)13-9(12)6-11-10/h2-5,11H,6,10H2,1H3. The lowest BCUT2D eigenvalue weighted by molar-refractivity contribution is -0.133. The Labute approximate surface area is 76.7 Å². The fourth-order valence-electron chi connectivity index (χ4n) is 0.857. The van der Waals surface area contributed by atoms with E-state index in [0.29, 0.717) is 5.75 Å². The predicted molar refractivity (Wildman–Crippen MR) is 49.0 cm³/mol. The van der Waals surface area contributed by atoms with Gasteiger partial charge in [0.25, 0.3) is 0 Å². The van der Waals surface area contributed by atoms with Crippen LogP contribution in [0.4, 0.5) is 0 Å². The summed E-state index contributed by atoms with van der Waals surface area (Å²) in [6.45, 7) is 1.97. The summed E-state index contributed by atoms with van der Waals surface area (Å²) in [5, 5.41) is 0. The molecule has 0 saturated heterocycles. The minimum atomic E-state index is -0.397. The Morgan fingerprint density at radius 3 is 2.62 bits per heavy atom. The summed E-state index contributed by atoms with van der Waals surface area (Å²) in [5.41, 5.74) is 3.35. The largest absolute Gasteiger partial charge is 0.426 e. The zero-order valence-electron chi connectivity index (χ0n) is 7.41. The fraction of sp³-hybridized carbons (Fsp3) is 0.222. The van der Waals surface area contributed by atoms with Gasteiger partial charge in [-0.15, -0.1) is 0 Å². The van der Waals surface area contributed by atoms with Crippen molar-refractivity contribution in [2.45, 2.75) is 6.92 Å². The number of carbonyl (C=O) groups excluding carboxylic acids is 1. The number of nitrogens with one attached hydrogen (secondary N) is 1. The summed E-state index contributed by atoms with van der Waals surface area (Å²) in [6, 6.07) is 7.23. The molecule has 13 heavy (non-hydrogen) atoms. The normalized spacial score (nSPS) is 9.69. The van der Waals surface area contributed by atoms with E-state index >= 15 is 0 Å². The molecule has 0 unspecified atom stereocenters. The smallest absolute Gasteiger partial charge is 0.326 e. The summed E-state index contributed by atoms with van der Waals surface area (Å²) in [7, 11) is 0. The van der Waals surface area contributed by atoms with E-state index in [2.05, 4.69) is 5.43 Å². The van der Waals surface area contributed by atoms with E-state index in [9.17, 15) is 4.79 Å². The number of hydrogen-bond acceptors (Lipinski definition) is 4. The highest BCUT2D eigenvalue weighted by Gasteiger charge is 2.01. The fourth-order valence-corrected chi connectivity index (χ4v) is 0.857. The number of hydrazine groups is 1. The maximum Gasteiger partial charge on any atom is 0.326 e. The monoisotopic (exact) mass is 180 g/mol. The maximum atomic E-state index is 10.9. The van der Waals surface area contributed by atoms with E-state index < -0.39 is 5.97 Å². The third-order valence-corrected chi connectivity index (χ3v) is 1.50. The number of esters is 1. The van der Waals surface area contributed by atoms with Crippen LogP contribution in [0.1, 0.15) is 5.56 Å². The molecule has 0 aliphatic rings. The van der Waals surface area contributed by atoms with Crippen LogP contribution in [0.5, 0.6) is 5.75 Å². The van der Waals surface area contributed by atoms with Crippen LogP contribution in [0.15, 0.2) is 24.3 Å². The van der Waals surface area contributed by atoms with E-state index in [1.165, 1.54) is 0 Å². The Kier molecular flexibility index (Phi) is 3.42. The molecule has 1 aromatic carbocycles. The molecule has 1 rings (SSSR count). The van der Waals surface area contributed by atoms with Gasteiger partial charge in [-0.05, 0) is 19.1 Å². The molecule has 1 aromatic rings. The minimum Gasteiger partial charge on any atom is -0.426 e. The summed E-state index contributed by atoms with van der Waals surface area (Å²) in [5.74, 6) is 5.09. The summed E-state index contributed by atoms with van der Waals surface area (Å²) < 4.78 is 4.93. The lowest BCUT2D eigenvalue weighted by Gasteiger charge is -2.03. The van der Waals surface area contributed by atoms with Gasteiger partial charge in [0.05, 0.1) is 0 Å². The van der Waals surface area contributed by atoms with Gasteiger partial charge in [0.15, 0.2) is 0 Å². The Hall–Kier alpha value is -1.39. The Morgan fingerprint density at radius 2 is 2.08 bits per heavy atom. The van der Waals surface area contributed by atoms with Crippen molar-refractivity contribution in [1.29, 1.82) is 0 Å². The molecule has 3 N–H and O–H groups in total. The SMILES string of the molecule is Cc1ccc(OC(=O)CNN)cc1. The highest BCUT2D eigenvalue weighted by molar-refractivity contribution is 5.74. The number of benzene rings is 1. The van der Waals surface area contributed by atoms with Crippen molar-refractivity contribution in [3.8, 4) is 5.75 Å². The first-order valence-electron chi connectivity index (χ1n) is 3.93. The van der Waals surface area contributed by atoms with Gasteiger partial charge < -0.3 is 4.74 Å². The Balaban J connectivity index is 2.54. The Bertz CT molecular complexity index is 282. The van der Waals surface area contributed by atoms with Crippen molar-refractivity contribution < 1.29 is 9.53 Å². The number of nitrogens with two attached hydrogens (primary N) is 1. The zero-order valence-corrected chi connectivity index (χ0v) is 7.41. The second-order valence-electron chi connectivity index (χ2n) is 2.67. The zero-order chi connectivity index (χ0) is 9.68. The van der Waals surface area contributed by atoms with Crippen LogP contribution in [0, 0.1) is 6.92 Å². The average molecular weight is 180 g/mol. The van der Waals surface area contributed by atoms with Crippen LogP contribution in [0.2, 0.25) is 0 Å². The molecule has 0 radical (unpaired) electrons. The molecule has 0 atom stereocenters. The Morgan fingerprint density at radius 1 is 1.46 bits per heavy atom. The summed E-state index contributed by atoms with van der Waals surface area (Å²) >= 11 is 0. The summed E-state index contributed by atoms with van der Waals surface area (Å²) in [4.78, 5) is 10.9.